The Labute approximate surface area is 151 Å². The van der Waals surface area contributed by atoms with Gasteiger partial charge in [-0.05, 0) is 45.2 Å². The van der Waals surface area contributed by atoms with Gasteiger partial charge in [0.05, 0.1) is 17.0 Å². The highest BCUT2D eigenvalue weighted by Gasteiger charge is 2.52. The first kappa shape index (κ1) is 18.6. The maximum Gasteiger partial charge on any atom is 0.490 e. The summed E-state index contributed by atoms with van der Waals surface area (Å²) in [6.07, 6.45) is 2.57. The average molecular weight is 363 g/mol. The predicted octanol–water partition coefficient (Wildman–Crippen LogP) is 2.78. The van der Waals surface area contributed by atoms with Gasteiger partial charge < -0.3 is 9.31 Å². The molecule has 1 aromatic rings. The van der Waals surface area contributed by atoms with Gasteiger partial charge >= 0.3 is 7.12 Å². The summed E-state index contributed by atoms with van der Waals surface area (Å²) in [6, 6.07) is 9.28. The molecule has 0 spiro atoms. The standard InChI is InChI=1S/C18H26BNO4S/c1-17(2)18(3,4)24-19(23-17)16-10-12-20(13-11-16)25(21,22)14-15-8-6-5-7-9-15/h5-10H,11-14H2,1-4H3. The Bertz CT molecular complexity index is 743. The van der Waals surface area contributed by atoms with E-state index in [9.17, 15) is 8.42 Å². The summed E-state index contributed by atoms with van der Waals surface area (Å²) in [5.74, 6) is 0.0352. The van der Waals surface area contributed by atoms with Crippen LogP contribution in [0.4, 0.5) is 0 Å². The van der Waals surface area contributed by atoms with Crippen molar-refractivity contribution in [1.82, 2.24) is 4.31 Å². The molecule has 0 unspecified atom stereocenters. The first-order valence-corrected chi connectivity index (χ1v) is 10.3. The normalized spacial score (nSPS) is 23.5. The van der Waals surface area contributed by atoms with Crippen molar-refractivity contribution in [3.63, 3.8) is 0 Å². The Morgan fingerprint density at radius 2 is 1.68 bits per heavy atom. The SMILES string of the molecule is CC1(C)OB(C2=CCN(S(=O)(=O)Cc3ccccc3)CC2)OC1(C)C. The highest BCUT2D eigenvalue weighted by atomic mass is 32.2. The minimum Gasteiger partial charge on any atom is -0.400 e. The molecule has 1 aromatic carbocycles. The van der Waals surface area contributed by atoms with E-state index >= 15 is 0 Å². The Balaban J connectivity index is 1.67. The first-order valence-electron chi connectivity index (χ1n) is 8.67. The quantitative estimate of drug-likeness (QED) is 0.772. The van der Waals surface area contributed by atoms with E-state index in [0.29, 0.717) is 19.5 Å². The fraction of sp³-hybridized carbons (Fsp3) is 0.556. The molecule has 2 heterocycles. The largest absolute Gasteiger partial charge is 0.490 e. The van der Waals surface area contributed by atoms with Crippen LogP contribution in [0.1, 0.15) is 39.7 Å². The fourth-order valence-electron chi connectivity index (χ4n) is 3.00. The lowest BCUT2D eigenvalue weighted by atomic mass is 9.75. The molecule has 0 aliphatic carbocycles. The molecule has 2 aliphatic rings. The maximum absolute atomic E-state index is 12.6. The van der Waals surface area contributed by atoms with Gasteiger partial charge in [-0.3, -0.25) is 0 Å². The molecule has 0 radical (unpaired) electrons. The highest BCUT2D eigenvalue weighted by molar-refractivity contribution is 7.88. The summed E-state index contributed by atoms with van der Waals surface area (Å²) in [6.45, 7) is 8.92. The van der Waals surface area contributed by atoms with Crippen molar-refractivity contribution >= 4 is 17.1 Å². The topological polar surface area (TPSA) is 55.8 Å². The molecule has 25 heavy (non-hydrogen) atoms. The fourth-order valence-corrected chi connectivity index (χ4v) is 4.47. The zero-order valence-electron chi connectivity index (χ0n) is 15.4. The van der Waals surface area contributed by atoms with E-state index in [2.05, 4.69) is 0 Å². The Morgan fingerprint density at radius 1 is 1.08 bits per heavy atom. The number of hydrogen-bond donors (Lipinski definition) is 0. The van der Waals surface area contributed by atoms with Crippen molar-refractivity contribution in [3.8, 4) is 0 Å². The van der Waals surface area contributed by atoms with Crippen LogP contribution < -0.4 is 0 Å². The van der Waals surface area contributed by atoms with E-state index < -0.39 is 10.0 Å². The van der Waals surface area contributed by atoms with Gasteiger partial charge in [-0.2, -0.15) is 4.31 Å². The molecular formula is C18H26BNO4S. The minimum absolute atomic E-state index is 0.0352. The Kier molecular flexibility index (Phi) is 4.88. The van der Waals surface area contributed by atoms with E-state index in [1.807, 2.05) is 64.1 Å². The molecule has 136 valence electrons. The molecular weight excluding hydrogens is 337 g/mol. The van der Waals surface area contributed by atoms with E-state index in [1.165, 1.54) is 4.31 Å². The van der Waals surface area contributed by atoms with Gasteiger partial charge in [0.25, 0.3) is 0 Å². The average Bonchev–Trinajstić information content (AvgIpc) is 2.76. The third-order valence-electron chi connectivity index (χ3n) is 5.35. The second kappa shape index (κ2) is 6.54. The third kappa shape index (κ3) is 3.84. The van der Waals surface area contributed by atoms with Gasteiger partial charge in [0.15, 0.2) is 0 Å². The number of rotatable bonds is 4. The monoisotopic (exact) mass is 363 g/mol. The van der Waals surface area contributed by atoms with Gasteiger partial charge in [0, 0.05) is 13.1 Å². The smallest absolute Gasteiger partial charge is 0.400 e. The third-order valence-corrected chi connectivity index (χ3v) is 7.16. The van der Waals surface area contributed by atoms with Crippen LogP contribution in [0.3, 0.4) is 0 Å². The highest BCUT2D eigenvalue weighted by Crippen LogP contribution is 2.39. The van der Waals surface area contributed by atoms with E-state index in [4.69, 9.17) is 9.31 Å². The van der Waals surface area contributed by atoms with Crippen molar-refractivity contribution in [2.45, 2.75) is 51.1 Å². The lowest BCUT2D eigenvalue weighted by molar-refractivity contribution is 0.00578. The minimum atomic E-state index is -3.32. The van der Waals surface area contributed by atoms with Gasteiger partial charge in [-0.25, -0.2) is 8.42 Å². The van der Waals surface area contributed by atoms with Crippen LogP contribution in [0.25, 0.3) is 0 Å². The van der Waals surface area contributed by atoms with Crippen LogP contribution in [-0.4, -0.2) is 44.1 Å². The number of sulfonamides is 1. The maximum atomic E-state index is 12.6. The molecule has 2 aliphatic heterocycles. The molecule has 0 bridgehead atoms. The molecule has 0 N–H and O–H groups in total. The lowest BCUT2D eigenvalue weighted by Crippen LogP contribution is -2.41. The van der Waals surface area contributed by atoms with Crippen LogP contribution in [0.5, 0.6) is 0 Å². The molecule has 0 amide bonds. The van der Waals surface area contributed by atoms with Gasteiger partial charge in [-0.1, -0.05) is 36.4 Å². The van der Waals surface area contributed by atoms with Crippen molar-refractivity contribution in [3.05, 3.63) is 47.4 Å². The molecule has 0 aromatic heterocycles. The molecule has 1 saturated heterocycles. The van der Waals surface area contributed by atoms with Crippen molar-refractivity contribution in [1.29, 1.82) is 0 Å². The molecule has 7 heteroatoms. The summed E-state index contributed by atoms with van der Waals surface area (Å²) < 4.78 is 38.9. The zero-order chi connectivity index (χ0) is 18.3. The van der Waals surface area contributed by atoms with Gasteiger partial charge in [-0.15, -0.1) is 0 Å². The summed E-state index contributed by atoms with van der Waals surface area (Å²) in [4.78, 5) is 0. The Hall–Kier alpha value is -1.15. The van der Waals surface area contributed by atoms with Crippen molar-refractivity contribution in [2.24, 2.45) is 0 Å². The zero-order valence-corrected chi connectivity index (χ0v) is 16.2. The first-order chi connectivity index (χ1) is 11.6. The Morgan fingerprint density at radius 3 is 2.20 bits per heavy atom. The number of benzene rings is 1. The van der Waals surface area contributed by atoms with Crippen LogP contribution in [0.2, 0.25) is 0 Å². The molecule has 1 fully saturated rings. The summed E-state index contributed by atoms with van der Waals surface area (Å²) >= 11 is 0. The van der Waals surface area contributed by atoms with Gasteiger partial charge in [0.1, 0.15) is 0 Å². The second-order valence-corrected chi connectivity index (χ2v) is 9.69. The second-order valence-electron chi connectivity index (χ2n) is 7.72. The lowest BCUT2D eigenvalue weighted by Gasteiger charge is -2.32. The van der Waals surface area contributed by atoms with E-state index in [1.54, 1.807) is 0 Å². The van der Waals surface area contributed by atoms with Crippen molar-refractivity contribution in [2.75, 3.05) is 13.1 Å². The van der Waals surface area contributed by atoms with Crippen LogP contribution in [0.15, 0.2) is 41.9 Å². The molecule has 5 nitrogen and oxygen atoms in total. The number of hydrogen-bond acceptors (Lipinski definition) is 4. The summed E-state index contributed by atoms with van der Waals surface area (Å²) in [7, 11) is -3.71. The number of nitrogens with zero attached hydrogens (tertiary/aromatic N) is 1. The van der Waals surface area contributed by atoms with E-state index in [0.717, 1.165) is 11.0 Å². The summed E-state index contributed by atoms with van der Waals surface area (Å²) in [5.41, 5.74) is 1.08. The van der Waals surface area contributed by atoms with Crippen LogP contribution in [0, 0.1) is 0 Å². The van der Waals surface area contributed by atoms with Crippen LogP contribution >= 0.6 is 0 Å². The van der Waals surface area contributed by atoms with E-state index in [-0.39, 0.29) is 24.1 Å². The molecule has 3 rings (SSSR count). The summed E-state index contributed by atoms with van der Waals surface area (Å²) in [5, 5.41) is 0. The van der Waals surface area contributed by atoms with Gasteiger partial charge in [0.2, 0.25) is 10.0 Å². The predicted molar refractivity (Wildman–Crippen MR) is 99.4 cm³/mol. The van der Waals surface area contributed by atoms with Crippen LogP contribution in [-0.2, 0) is 25.1 Å². The molecule has 0 atom stereocenters. The molecule has 0 saturated carbocycles. The van der Waals surface area contributed by atoms with Crippen molar-refractivity contribution < 1.29 is 17.7 Å².